The molecule has 34 heavy (non-hydrogen) atoms. The van der Waals surface area contributed by atoms with E-state index >= 15 is 0 Å². The number of hydrogen-bond acceptors (Lipinski definition) is 9. The lowest BCUT2D eigenvalue weighted by molar-refractivity contribution is -0.153. The Morgan fingerprint density at radius 3 is 2.65 bits per heavy atom. The number of aromatic nitrogens is 3. The lowest BCUT2D eigenvalue weighted by atomic mass is 9.67. The van der Waals surface area contributed by atoms with Crippen molar-refractivity contribution in [1.29, 1.82) is 0 Å². The lowest BCUT2D eigenvalue weighted by Crippen LogP contribution is -2.75. The van der Waals surface area contributed by atoms with E-state index in [9.17, 15) is 14.4 Å². The van der Waals surface area contributed by atoms with E-state index in [4.69, 9.17) is 25.8 Å². The summed E-state index contributed by atoms with van der Waals surface area (Å²) in [7, 11) is 0. The third-order valence-corrected chi connectivity index (χ3v) is 7.04. The van der Waals surface area contributed by atoms with Crippen molar-refractivity contribution in [2.75, 3.05) is 11.4 Å². The number of urea groups is 1. The Morgan fingerprint density at radius 2 is 1.94 bits per heavy atom. The minimum Gasteiger partial charge on any atom is -0.372 e. The quantitative estimate of drug-likeness (QED) is 0.497. The van der Waals surface area contributed by atoms with Gasteiger partial charge in [-0.2, -0.15) is 0 Å². The molecule has 0 radical (unpaired) electrons. The summed E-state index contributed by atoms with van der Waals surface area (Å²) in [5.74, 6) is -1.39. The molecule has 1 spiro atoms. The molecule has 174 valence electrons. The number of barbiturate groups is 1. The first kappa shape index (κ1) is 21.0. The molecule has 3 aromatic heterocycles. The predicted molar refractivity (Wildman–Crippen MR) is 119 cm³/mol. The summed E-state index contributed by atoms with van der Waals surface area (Å²) < 4.78 is 11.6. The molecule has 6 rings (SSSR count). The van der Waals surface area contributed by atoms with E-state index in [1.54, 1.807) is 25.3 Å². The number of rotatable bonds is 1. The summed E-state index contributed by atoms with van der Waals surface area (Å²) in [4.78, 5) is 49.4. The third kappa shape index (κ3) is 2.74. The number of fused-ring (bicyclic) bond motifs is 5. The summed E-state index contributed by atoms with van der Waals surface area (Å²) in [5.41, 5.74) is 0.942. The van der Waals surface area contributed by atoms with Gasteiger partial charge >= 0.3 is 6.03 Å². The van der Waals surface area contributed by atoms with Crippen LogP contribution >= 0.6 is 11.6 Å². The topological polar surface area (TPSA) is 140 Å². The Hall–Kier alpha value is -3.57. The Kier molecular flexibility index (Phi) is 4.45. The number of carbonyl (C=O) groups excluding carboxylic acids is 3. The Bertz CT molecular complexity index is 1360. The second-order valence-electron chi connectivity index (χ2n) is 8.78. The van der Waals surface area contributed by atoms with Gasteiger partial charge in [0, 0.05) is 19.2 Å². The van der Waals surface area contributed by atoms with Crippen molar-refractivity contribution in [1.82, 2.24) is 25.8 Å². The van der Waals surface area contributed by atoms with E-state index in [1.165, 1.54) is 0 Å². The summed E-state index contributed by atoms with van der Waals surface area (Å²) in [6.45, 7) is 4.04. The van der Waals surface area contributed by atoms with Crippen molar-refractivity contribution in [2.24, 2.45) is 5.41 Å². The molecule has 0 bridgehead atoms. The highest BCUT2D eigenvalue weighted by molar-refractivity contribution is 6.38. The Balaban J connectivity index is 1.61. The number of imide groups is 2. The molecule has 3 aliphatic heterocycles. The van der Waals surface area contributed by atoms with Gasteiger partial charge in [0.1, 0.15) is 10.5 Å². The molecular formula is C22H19ClN6O5. The number of carbonyl (C=O) groups is 3. The van der Waals surface area contributed by atoms with Crippen LogP contribution in [0.2, 0.25) is 5.02 Å². The first-order valence-corrected chi connectivity index (χ1v) is 11.2. The van der Waals surface area contributed by atoms with E-state index in [-0.39, 0.29) is 23.1 Å². The van der Waals surface area contributed by atoms with Crippen molar-refractivity contribution in [2.45, 2.75) is 38.5 Å². The molecule has 12 heteroatoms. The van der Waals surface area contributed by atoms with Crippen LogP contribution < -0.4 is 15.5 Å². The average molecular weight is 483 g/mol. The number of ether oxygens (including phenoxy) is 1. The monoisotopic (exact) mass is 482 g/mol. The maximum absolute atomic E-state index is 13.3. The zero-order valence-corrected chi connectivity index (χ0v) is 18.9. The standard InChI is InChI=1S/C22H19ClN6O5/c1-9-8-29-16-12(7-22(18(29)10(2)33-9)19(30)26-21(32)27-20(22)31)25-15-14(11-5-3-4-6-24-11)28-34-17(15)13(16)23/h3-6,9-10,18H,7-8H2,1-2H3,(H2,26,27,30,31,32)/t9-,10+,18-/m1/s1. The number of nitrogens with zero attached hydrogens (tertiary/aromatic N) is 4. The van der Waals surface area contributed by atoms with E-state index in [0.717, 1.165) is 0 Å². The lowest BCUT2D eigenvalue weighted by Gasteiger charge is -2.55. The minimum absolute atomic E-state index is 0.0843. The van der Waals surface area contributed by atoms with E-state index < -0.39 is 35.4 Å². The van der Waals surface area contributed by atoms with Crippen LogP contribution in [0.3, 0.4) is 0 Å². The van der Waals surface area contributed by atoms with Crippen LogP contribution in [0.4, 0.5) is 10.5 Å². The fraction of sp³-hybridized carbons (Fsp3) is 0.364. The summed E-state index contributed by atoms with van der Waals surface area (Å²) in [5, 5.41) is 8.94. The molecule has 2 N–H and O–H groups in total. The van der Waals surface area contributed by atoms with E-state index in [0.29, 0.717) is 34.8 Å². The highest BCUT2D eigenvalue weighted by atomic mass is 35.5. The largest absolute Gasteiger partial charge is 0.372 e. The molecule has 3 aliphatic rings. The number of hydrogen-bond donors (Lipinski definition) is 2. The molecule has 2 saturated heterocycles. The second kappa shape index (κ2) is 7.21. The van der Waals surface area contributed by atoms with Crippen molar-refractivity contribution in [3.05, 3.63) is 35.1 Å². The molecule has 2 fully saturated rings. The van der Waals surface area contributed by atoms with Crippen LogP contribution in [-0.2, 0) is 20.7 Å². The van der Waals surface area contributed by atoms with Crippen molar-refractivity contribution in [3.8, 4) is 11.4 Å². The molecule has 3 aromatic rings. The maximum atomic E-state index is 13.3. The average Bonchev–Trinajstić information content (AvgIpc) is 3.21. The molecule has 3 atom stereocenters. The fourth-order valence-corrected chi connectivity index (χ4v) is 5.77. The van der Waals surface area contributed by atoms with Gasteiger partial charge in [0.15, 0.2) is 11.1 Å². The van der Waals surface area contributed by atoms with Gasteiger partial charge in [-0.25, -0.2) is 9.78 Å². The number of nitrogens with one attached hydrogen (secondary N) is 2. The Morgan fingerprint density at radius 1 is 1.18 bits per heavy atom. The first-order valence-electron chi connectivity index (χ1n) is 10.8. The van der Waals surface area contributed by atoms with Crippen molar-refractivity contribution >= 4 is 46.2 Å². The normalized spacial score (nSPS) is 25.7. The fourth-order valence-electron chi connectivity index (χ4n) is 5.43. The summed E-state index contributed by atoms with van der Waals surface area (Å²) in [6, 6.07) is 3.78. The Labute approximate surface area is 197 Å². The van der Waals surface area contributed by atoms with Crippen LogP contribution in [0.5, 0.6) is 0 Å². The number of morpholine rings is 1. The van der Waals surface area contributed by atoms with Gasteiger partial charge in [-0.3, -0.25) is 25.2 Å². The first-order chi connectivity index (χ1) is 16.3. The zero-order valence-electron chi connectivity index (χ0n) is 18.2. The van der Waals surface area contributed by atoms with Gasteiger partial charge in [0.25, 0.3) is 0 Å². The molecule has 11 nitrogen and oxygen atoms in total. The second-order valence-corrected chi connectivity index (χ2v) is 9.16. The van der Waals surface area contributed by atoms with Gasteiger partial charge in [-0.05, 0) is 26.0 Å². The summed E-state index contributed by atoms with van der Waals surface area (Å²) in [6.07, 6.45) is 0.807. The van der Waals surface area contributed by atoms with Gasteiger partial charge < -0.3 is 14.2 Å². The van der Waals surface area contributed by atoms with Gasteiger partial charge in [-0.15, -0.1) is 0 Å². The molecular weight excluding hydrogens is 464 g/mol. The molecule has 0 aromatic carbocycles. The van der Waals surface area contributed by atoms with Gasteiger partial charge in [-0.1, -0.05) is 22.8 Å². The maximum Gasteiger partial charge on any atom is 0.328 e. The molecule has 0 unspecified atom stereocenters. The highest BCUT2D eigenvalue weighted by Gasteiger charge is 2.63. The van der Waals surface area contributed by atoms with Crippen LogP contribution in [0.25, 0.3) is 22.5 Å². The van der Waals surface area contributed by atoms with Crippen LogP contribution in [0, 0.1) is 5.41 Å². The number of halogens is 1. The van der Waals surface area contributed by atoms with E-state index in [1.807, 2.05) is 17.9 Å². The number of anilines is 1. The van der Waals surface area contributed by atoms with E-state index in [2.05, 4.69) is 20.8 Å². The smallest absolute Gasteiger partial charge is 0.328 e. The molecule has 0 aliphatic carbocycles. The number of amides is 4. The molecule has 6 heterocycles. The molecule has 0 saturated carbocycles. The minimum atomic E-state index is -1.65. The van der Waals surface area contributed by atoms with Crippen LogP contribution in [-0.4, -0.2) is 57.8 Å². The summed E-state index contributed by atoms with van der Waals surface area (Å²) >= 11 is 6.87. The SMILES string of the molecule is C[C@@H]1CN2c3c(nc4c(-c5ccccn5)noc4c3Cl)CC3(C(=O)NC(=O)NC3=O)[C@H]2[C@H](C)O1. The third-order valence-electron chi connectivity index (χ3n) is 6.69. The van der Waals surface area contributed by atoms with Crippen LogP contribution in [0.1, 0.15) is 19.5 Å². The number of pyridine rings is 2. The highest BCUT2D eigenvalue weighted by Crippen LogP contribution is 2.50. The van der Waals surface area contributed by atoms with Gasteiger partial charge in [0.2, 0.25) is 17.4 Å². The van der Waals surface area contributed by atoms with Gasteiger partial charge in [0.05, 0.1) is 35.3 Å². The molecule has 4 amide bonds. The van der Waals surface area contributed by atoms with Crippen molar-refractivity contribution in [3.63, 3.8) is 0 Å². The van der Waals surface area contributed by atoms with Crippen LogP contribution in [0.15, 0.2) is 28.9 Å². The predicted octanol–water partition coefficient (Wildman–Crippen LogP) is 1.83. The van der Waals surface area contributed by atoms with Crippen molar-refractivity contribution < 1.29 is 23.6 Å². The zero-order chi connectivity index (χ0) is 23.8.